The zero-order valence-electron chi connectivity index (χ0n) is 18.4. The smallest absolute Gasteiger partial charge is 0.240 e. The molecule has 1 aromatic heterocycles. The van der Waals surface area contributed by atoms with Crippen molar-refractivity contribution in [2.24, 2.45) is 0 Å². The molecule has 1 fully saturated rings. The van der Waals surface area contributed by atoms with Gasteiger partial charge in [-0.25, -0.2) is 9.37 Å². The summed E-state index contributed by atoms with van der Waals surface area (Å²) in [5.74, 6) is 0.355. The molecule has 174 valence electrons. The molecule has 9 heteroatoms. The molecule has 1 amide bonds. The third kappa shape index (κ3) is 4.20. The summed E-state index contributed by atoms with van der Waals surface area (Å²) in [6, 6.07) is 11.0. The maximum atomic E-state index is 14.0. The number of aromatic hydroxyl groups is 1. The van der Waals surface area contributed by atoms with Crippen LogP contribution in [0.25, 0.3) is 0 Å². The number of nitriles is 1. The molecule has 0 radical (unpaired) electrons. The first-order valence-electron chi connectivity index (χ1n) is 11.2. The molecule has 2 aliphatic rings. The number of hydrogen-bond acceptors (Lipinski definition) is 6. The topological polar surface area (TPSA) is 103 Å². The number of nitrogens with zero attached hydrogens (tertiary/aromatic N) is 4. The van der Waals surface area contributed by atoms with Crippen LogP contribution in [0, 0.1) is 17.1 Å². The average molecular weight is 461 g/mol. The van der Waals surface area contributed by atoms with Gasteiger partial charge in [-0.2, -0.15) is 5.26 Å². The van der Waals surface area contributed by atoms with E-state index in [2.05, 4.69) is 10.3 Å². The molecule has 1 saturated heterocycles. The number of ether oxygens (including phenoxy) is 1. The number of phenols is 1. The lowest BCUT2D eigenvalue weighted by Crippen LogP contribution is -2.40. The second-order valence-corrected chi connectivity index (χ2v) is 8.57. The number of aromatic nitrogens is 2. The number of carbonyl (C=O) groups excluding carboxylic acids is 1. The Labute approximate surface area is 196 Å². The minimum Gasteiger partial charge on any atom is -0.508 e. The predicted molar refractivity (Wildman–Crippen MR) is 120 cm³/mol. The molecule has 0 unspecified atom stereocenters. The van der Waals surface area contributed by atoms with Gasteiger partial charge in [0, 0.05) is 37.8 Å². The molecular formula is C25H24FN5O3. The predicted octanol–water partition coefficient (Wildman–Crippen LogP) is 2.86. The summed E-state index contributed by atoms with van der Waals surface area (Å²) in [4.78, 5) is 19.3. The number of imidazole rings is 1. The van der Waals surface area contributed by atoms with Crippen LogP contribution in [0.15, 0.2) is 48.9 Å². The summed E-state index contributed by atoms with van der Waals surface area (Å²) < 4.78 is 21.5. The third-order valence-electron chi connectivity index (χ3n) is 6.45. The fourth-order valence-electron chi connectivity index (χ4n) is 4.70. The average Bonchev–Trinajstić information content (AvgIpc) is 3.43. The van der Waals surface area contributed by atoms with Crippen LogP contribution >= 0.6 is 0 Å². The van der Waals surface area contributed by atoms with Crippen LogP contribution in [0.5, 0.6) is 11.5 Å². The van der Waals surface area contributed by atoms with Gasteiger partial charge in [0.2, 0.25) is 5.91 Å². The zero-order valence-corrected chi connectivity index (χ0v) is 18.4. The number of hydrogen-bond donors (Lipinski definition) is 2. The lowest BCUT2D eigenvalue weighted by atomic mass is 9.99. The van der Waals surface area contributed by atoms with Crippen molar-refractivity contribution in [3.63, 3.8) is 0 Å². The van der Waals surface area contributed by atoms with Gasteiger partial charge in [0.05, 0.1) is 36.3 Å². The fraction of sp³-hybridized carbons (Fsp3) is 0.320. The van der Waals surface area contributed by atoms with Crippen molar-refractivity contribution in [1.82, 2.24) is 19.8 Å². The molecule has 3 aromatic rings. The Kier molecular flexibility index (Phi) is 5.90. The zero-order chi connectivity index (χ0) is 23.7. The molecule has 2 N–H and O–H groups in total. The van der Waals surface area contributed by atoms with E-state index in [0.717, 1.165) is 16.8 Å². The number of phenolic OH excluding ortho intramolecular Hbond substituents is 1. The molecule has 0 bridgehead atoms. The van der Waals surface area contributed by atoms with Crippen molar-refractivity contribution in [3.05, 3.63) is 77.1 Å². The van der Waals surface area contributed by atoms with E-state index in [1.807, 2.05) is 15.5 Å². The summed E-state index contributed by atoms with van der Waals surface area (Å²) in [5.41, 5.74) is 2.45. The van der Waals surface area contributed by atoms with Crippen molar-refractivity contribution in [2.75, 3.05) is 13.2 Å². The summed E-state index contributed by atoms with van der Waals surface area (Å²) >= 11 is 0. The van der Waals surface area contributed by atoms with Crippen LogP contribution < -0.4 is 10.1 Å². The van der Waals surface area contributed by atoms with E-state index in [4.69, 9.17) is 10.00 Å². The molecule has 0 aliphatic carbocycles. The minimum atomic E-state index is -0.542. The summed E-state index contributed by atoms with van der Waals surface area (Å²) in [6.45, 7) is 2.00. The molecule has 0 spiro atoms. The highest BCUT2D eigenvalue weighted by Gasteiger charge is 2.38. The normalized spacial score (nSPS) is 19.5. The first kappa shape index (κ1) is 21.9. The minimum absolute atomic E-state index is 0.0166. The number of benzene rings is 2. The molecule has 2 atom stereocenters. The molecule has 2 aliphatic heterocycles. The van der Waals surface area contributed by atoms with E-state index < -0.39 is 5.82 Å². The van der Waals surface area contributed by atoms with Crippen LogP contribution in [0.2, 0.25) is 0 Å². The van der Waals surface area contributed by atoms with Crippen LogP contribution in [0.4, 0.5) is 4.39 Å². The number of likely N-dealkylation sites (tertiary alicyclic amines) is 1. The van der Waals surface area contributed by atoms with Gasteiger partial charge >= 0.3 is 0 Å². The van der Waals surface area contributed by atoms with Gasteiger partial charge in [-0.15, -0.1) is 0 Å². The number of carbonyl (C=O) groups is 1. The molecule has 34 heavy (non-hydrogen) atoms. The number of fused-ring (bicyclic) bond motifs is 1. The van der Waals surface area contributed by atoms with Crippen LogP contribution in [-0.2, 0) is 17.9 Å². The Hall–Kier alpha value is -3.90. The van der Waals surface area contributed by atoms with Gasteiger partial charge in [-0.05, 0) is 42.3 Å². The highest BCUT2D eigenvalue weighted by atomic mass is 19.1. The maximum absolute atomic E-state index is 14.0. The van der Waals surface area contributed by atoms with Crippen molar-refractivity contribution >= 4 is 5.91 Å². The van der Waals surface area contributed by atoms with Gasteiger partial charge in [0.1, 0.15) is 23.4 Å². The van der Waals surface area contributed by atoms with E-state index in [1.165, 1.54) is 12.1 Å². The highest BCUT2D eigenvalue weighted by molar-refractivity contribution is 5.84. The van der Waals surface area contributed by atoms with Gasteiger partial charge < -0.3 is 24.6 Å². The number of halogens is 1. The number of nitrogens with one attached hydrogen (secondary N) is 1. The summed E-state index contributed by atoms with van der Waals surface area (Å²) in [6.07, 6.45) is 4.76. The van der Waals surface area contributed by atoms with E-state index in [9.17, 15) is 14.3 Å². The Balaban J connectivity index is 1.24. The van der Waals surface area contributed by atoms with E-state index in [1.54, 1.807) is 36.8 Å². The second kappa shape index (κ2) is 9.15. The molecule has 5 rings (SSSR count). The number of rotatable bonds is 6. The lowest BCUT2D eigenvalue weighted by molar-refractivity contribution is -0.132. The monoisotopic (exact) mass is 461 g/mol. The standard InChI is InChI=1S/C25H24FN5O3/c26-21-9-16(1-2-17(21)11-27)14-30-15-28-12-18(30)13-29-22-5-7-31(25(22)33)23-6-8-34-24-4-3-19(32)10-20(23)24/h1-4,9-10,12,15,22-23,29,32H,5-8,13-14H2/t22-,23-/m1/s1. The molecule has 0 saturated carbocycles. The van der Waals surface area contributed by atoms with Gasteiger partial charge in [0.15, 0.2) is 0 Å². The summed E-state index contributed by atoms with van der Waals surface area (Å²) in [5, 5.41) is 22.2. The van der Waals surface area contributed by atoms with Crippen LogP contribution in [0.1, 0.15) is 41.3 Å². The fourth-order valence-corrected chi connectivity index (χ4v) is 4.70. The molecule has 2 aromatic carbocycles. The third-order valence-corrected chi connectivity index (χ3v) is 6.45. The Morgan fingerprint density at radius 2 is 2.15 bits per heavy atom. The second-order valence-electron chi connectivity index (χ2n) is 8.57. The summed E-state index contributed by atoms with van der Waals surface area (Å²) in [7, 11) is 0. The molecular weight excluding hydrogens is 437 g/mol. The lowest BCUT2D eigenvalue weighted by Gasteiger charge is -2.33. The Morgan fingerprint density at radius 3 is 2.97 bits per heavy atom. The van der Waals surface area contributed by atoms with Gasteiger partial charge in [0.25, 0.3) is 0 Å². The van der Waals surface area contributed by atoms with Gasteiger partial charge in [-0.1, -0.05) is 6.07 Å². The van der Waals surface area contributed by atoms with Gasteiger partial charge in [-0.3, -0.25) is 4.79 Å². The van der Waals surface area contributed by atoms with Crippen molar-refractivity contribution in [3.8, 4) is 17.6 Å². The maximum Gasteiger partial charge on any atom is 0.240 e. The molecule has 8 nitrogen and oxygen atoms in total. The van der Waals surface area contributed by atoms with Crippen molar-refractivity contribution < 1.29 is 19.0 Å². The molecule has 3 heterocycles. The Morgan fingerprint density at radius 1 is 1.26 bits per heavy atom. The van der Waals surface area contributed by atoms with E-state index in [-0.39, 0.29) is 29.3 Å². The van der Waals surface area contributed by atoms with Crippen molar-refractivity contribution in [2.45, 2.75) is 38.0 Å². The number of amides is 1. The Bertz CT molecular complexity index is 1270. The SMILES string of the molecule is N#Cc1ccc(Cn2cncc2CN[C@@H]2CCN([C@@H]3CCOc4ccc(O)cc43)C2=O)cc1F. The van der Waals surface area contributed by atoms with Crippen LogP contribution in [-0.4, -0.2) is 44.7 Å². The van der Waals surface area contributed by atoms with E-state index >= 15 is 0 Å². The highest BCUT2D eigenvalue weighted by Crippen LogP contribution is 2.39. The first-order chi connectivity index (χ1) is 16.5. The largest absolute Gasteiger partial charge is 0.508 e. The van der Waals surface area contributed by atoms with Crippen LogP contribution in [0.3, 0.4) is 0 Å². The quantitative estimate of drug-likeness (QED) is 0.585. The van der Waals surface area contributed by atoms with Crippen molar-refractivity contribution in [1.29, 1.82) is 5.26 Å². The van der Waals surface area contributed by atoms with E-state index in [0.29, 0.717) is 44.8 Å². The first-order valence-corrected chi connectivity index (χ1v) is 11.2.